The normalized spacial score (nSPS) is 13.0. The summed E-state index contributed by atoms with van der Waals surface area (Å²) < 4.78 is 0. The first-order valence-electron chi connectivity index (χ1n) is 12.1. The first-order valence-corrected chi connectivity index (χ1v) is 12.1. The molecular formula is C30H34N4Pt. The Labute approximate surface area is 223 Å². The summed E-state index contributed by atoms with van der Waals surface area (Å²) in [5.41, 5.74) is 17.3. The molecule has 0 radical (unpaired) electrons. The van der Waals surface area contributed by atoms with Gasteiger partial charge in [-0.15, -0.1) is 22.1 Å². The molecule has 0 fully saturated rings. The summed E-state index contributed by atoms with van der Waals surface area (Å²) in [5, 5.41) is 0. The van der Waals surface area contributed by atoms with Crippen LogP contribution in [0.1, 0.15) is 86.6 Å². The van der Waals surface area contributed by atoms with Crippen molar-refractivity contribution < 1.29 is 21.1 Å². The van der Waals surface area contributed by atoms with Crippen molar-refractivity contribution in [1.82, 2.24) is 19.9 Å². The average molecular weight is 646 g/mol. The standard InChI is InChI=1S/C28H28N4.C2H6.Pt/c1-13-14(2)22-10-24-17(5)18(6)26(31-24)12-28-20(8)19(7)27(32-28)11-25-16(4)15(3)23(30-25)9-21(13)29-22;1-2;/h9-12H,1-8H3;1-2H3;/q-2;;+2. The molecule has 2 aliphatic heterocycles. The second kappa shape index (κ2) is 10.1. The molecule has 0 N–H and O–H groups in total. The summed E-state index contributed by atoms with van der Waals surface area (Å²) in [6, 6.07) is 8.46. The molecule has 8 bridgehead atoms. The molecule has 5 rings (SSSR count). The van der Waals surface area contributed by atoms with Gasteiger partial charge in [-0.05, 0) is 77.7 Å². The van der Waals surface area contributed by atoms with Crippen LogP contribution in [0.5, 0.6) is 0 Å². The number of rotatable bonds is 0. The van der Waals surface area contributed by atoms with Gasteiger partial charge in [0.15, 0.2) is 0 Å². The smallest absolute Gasteiger partial charge is 0.657 e. The molecule has 5 heterocycles. The van der Waals surface area contributed by atoms with E-state index in [1.807, 2.05) is 13.8 Å². The van der Waals surface area contributed by atoms with Crippen LogP contribution in [0.15, 0.2) is 24.3 Å². The molecule has 35 heavy (non-hydrogen) atoms. The van der Waals surface area contributed by atoms with Crippen molar-refractivity contribution in [3.8, 4) is 0 Å². The van der Waals surface area contributed by atoms with Crippen LogP contribution in [-0.4, -0.2) is 9.97 Å². The molecule has 3 aromatic heterocycles. The minimum atomic E-state index is 0. The number of hydrogen-bond donors (Lipinski definition) is 0. The Balaban J connectivity index is 0.00000111. The van der Waals surface area contributed by atoms with E-state index in [2.05, 4.69) is 79.7 Å². The summed E-state index contributed by atoms with van der Waals surface area (Å²) >= 11 is 0. The number of nitrogens with zero attached hydrogens (tertiary/aromatic N) is 4. The van der Waals surface area contributed by atoms with Gasteiger partial charge in [0.05, 0.1) is 22.8 Å². The topological polar surface area (TPSA) is 54.0 Å². The van der Waals surface area contributed by atoms with Crippen LogP contribution in [-0.2, 0) is 21.1 Å². The zero-order valence-electron chi connectivity index (χ0n) is 22.4. The summed E-state index contributed by atoms with van der Waals surface area (Å²) in [5.74, 6) is 0. The molecule has 2 aliphatic rings. The molecule has 0 unspecified atom stereocenters. The fourth-order valence-corrected chi connectivity index (χ4v) is 4.37. The third-order valence-corrected chi connectivity index (χ3v) is 7.38. The molecule has 5 heteroatoms. The van der Waals surface area contributed by atoms with Crippen LogP contribution in [0, 0.1) is 27.7 Å². The number of hydrogen-bond acceptors (Lipinski definition) is 2. The van der Waals surface area contributed by atoms with E-state index >= 15 is 0 Å². The van der Waals surface area contributed by atoms with E-state index in [-0.39, 0.29) is 21.1 Å². The van der Waals surface area contributed by atoms with Crippen LogP contribution in [0.3, 0.4) is 0 Å². The van der Waals surface area contributed by atoms with E-state index in [0.29, 0.717) is 0 Å². The van der Waals surface area contributed by atoms with Crippen LogP contribution in [0.4, 0.5) is 0 Å². The first kappa shape index (κ1) is 26.9. The summed E-state index contributed by atoms with van der Waals surface area (Å²) in [7, 11) is 0. The quantitative estimate of drug-likeness (QED) is 0.251. The van der Waals surface area contributed by atoms with Gasteiger partial charge in [0, 0.05) is 0 Å². The van der Waals surface area contributed by atoms with E-state index in [9.17, 15) is 0 Å². The van der Waals surface area contributed by atoms with Crippen molar-refractivity contribution in [2.45, 2.75) is 69.2 Å². The minimum absolute atomic E-state index is 0. The van der Waals surface area contributed by atoms with Gasteiger partial charge >= 0.3 is 21.1 Å². The van der Waals surface area contributed by atoms with Crippen molar-refractivity contribution in [2.75, 3.05) is 0 Å². The van der Waals surface area contributed by atoms with Crippen molar-refractivity contribution in [3.05, 3.63) is 69.3 Å². The SMILES string of the molecule is CC.CC1=C(C)c2cc3[n-]c(cc4nc(cc5[n-]c(cc1n2)c(C)c5C)C(C)=C4C)c(C)c3C.[Pt+2]. The second-order valence-electron chi connectivity index (χ2n) is 9.11. The molecule has 0 atom stereocenters. The monoisotopic (exact) mass is 645 g/mol. The Kier molecular flexibility index (Phi) is 7.76. The van der Waals surface area contributed by atoms with E-state index in [1.165, 1.54) is 44.5 Å². The van der Waals surface area contributed by atoms with Crippen LogP contribution in [0.2, 0.25) is 0 Å². The van der Waals surface area contributed by atoms with E-state index < -0.39 is 0 Å². The van der Waals surface area contributed by atoms with Crippen LogP contribution in [0.25, 0.3) is 44.4 Å². The van der Waals surface area contributed by atoms with Gasteiger partial charge in [-0.3, -0.25) is 0 Å². The van der Waals surface area contributed by atoms with E-state index in [1.54, 1.807) is 0 Å². The fraction of sp³-hybridized carbons (Fsp3) is 0.333. The van der Waals surface area contributed by atoms with Crippen molar-refractivity contribution in [3.63, 3.8) is 0 Å². The fourth-order valence-electron chi connectivity index (χ4n) is 4.37. The van der Waals surface area contributed by atoms with Crippen molar-refractivity contribution in [2.24, 2.45) is 0 Å². The number of allylic oxidation sites excluding steroid dienone is 4. The number of aryl methyl sites for hydroxylation is 4. The van der Waals surface area contributed by atoms with Gasteiger partial charge in [0.25, 0.3) is 0 Å². The van der Waals surface area contributed by atoms with E-state index in [0.717, 1.165) is 44.8 Å². The minimum Gasteiger partial charge on any atom is -0.657 e. The Bertz CT molecular complexity index is 1320. The van der Waals surface area contributed by atoms with Crippen LogP contribution < -0.4 is 9.97 Å². The maximum Gasteiger partial charge on any atom is 2.00 e. The first-order chi connectivity index (χ1) is 16.2. The van der Waals surface area contributed by atoms with Gasteiger partial charge in [-0.25, -0.2) is 9.97 Å². The van der Waals surface area contributed by atoms with Gasteiger partial charge in [0.2, 0.25) is 0 Å². The predicted molar refractivity (Wildman–Crippen MR) is 146 cm³/mol. The molecule has 0 spiro atoms. The molecule has 0 saturated heterocycles. The Morgan fingerprint density at radius 2 is 0.629 bits per heavy atom. The van der Waals surface area contributed by atoms with Gasteiger partial charge in [-0.1, -0.05) is 60.4 Å². The van der Waals surface area contributed by atoms with Gasteiger partial charge < -0.3 is 9.97 Å². The zero-order valence-corrected chi connectivity index (χ0v) is 24.7. The summed E-state index contributed by atoms with van der Waals surface area (Å²) in [4.78, 5) is 19.9. The van der Waals surface area contributed by atoms with Gasteiger partial charge in [0.1, 0.15) is 0 Å². The maximum atomic E-state index is 4.96. The molecule has 0 saturated carbocycles. The maximum absolute atomic E-state index is 4.96. The molecule has 4 nitrogen and oxygen atoms in total. The second-order valence-corrected chi connectivity index (χ2v) is 9.11. The van der Waals surface area contributed by atoms with E-state index in [4.69, 9.17) is 19.9 Å². The molecule has 0 amide bonds. The molecular weight excluding hydrogens is 611 g/mol. The molecule has 0 aliphatic carbocycles. The third-order valence-electron chi connectivity index (χ3n) is 7.38. The Morgan fingerprint density at radius 1 is 0.429 bits per heavy atom. The summed E-state index contributed by atoms with van der Waals surface area (Å²) in [6.07, 6.45) is 0. The van der Waals surface area contributed by atoms with Crippen LogP contribution >= 0.6 is 0 Å². The predicted octanol–water partition coefficient (Wildman–Crippen LogP) is 7.73. The number of aromatic nitrogens is 4. The third kappa shape index (κ3) is 4.49. The van der Waals surface area contributed by atoms with Crippen molar-refractivity contribution in [1.29, 1.82) is 0 Å². The average Bonchev–Trinajstić information content (AvgIpc) is 3.44. The molecule has 184 valence electrons. The number of fused-ring (bicyclic) bond motifs is 8. The molecule has 3 aromatic rings. The van der Waals surface area contributed by atoms with Gasteiger partial charge in [-0.2, -0.15) is 0 Å². The molecule has 0 aromatic carbocycles. The Morgan fingerprint density at radius 3 is 0.829 bits per heavy atom. The largest absolute Gasteiger partial charge is 2.00 e. The zero-order chi connectivity index (χ0) is 24.9. The summed E-state index contributed by atoms with van der Waals surface area (Å²) in [6.45, 7) is 21.1. The Hall–Kier alpha value is -2.71. The van der Waals surface area contributed by atoms with Crippen molar-refractivity contribution >= 4 is 44.4 Å².